The Balaban J connectivity index is 1.69. The Morgan fingerprint density at radius 1 is 0.935 bits per heavy atom. The summed E-state index contributed by atoms with van der Waals surface area (Å²) in [5, 5.41) is 21.3. The molecule has 0 bridgehead atoms. The van der Waals surface area contributed by atoms with E-state index >= 15 is 0 Å². The van der Waals surface area contributed by atoms with E-state index in [2.05, 4.69) is 5.32 Å². The van der Waals surface area contributed by atoms with Crippen LogP contribution in [0.25, 0.3) is 11.1 Å². The Morgan fingerprint density at radius 3 is 2.32 bits per heavy atom. The maximum Gasteiger partial charge on any atom is 0.311 e. The minimum Gasteiger partial charge on any atom is -0.481 e. The van der Waals surface area contributed by atoms with Gasteiger partial charge in [0.25, 0.3) is 5.91 Å². The van der Waals surface area contributed by atoms with Crippen LogP contribution in [0.2, 0.25) is 5.02 Å². The topological polar surface area (TPSA) is 117 Å². The summed E-state index contributed by atoms with van der Waals surface area (Å²) in [7, 11) is 0. The zero-order chi connectivity index (χ0) is 22.4. The Hall–Kier alpha value is -3.58. The van der Waals surface area contributed by atoms with E-state index in [9.17, 15) is 19.5 Å². The number of aliphatic carboxylic acids is 2. The summed E-state index contributed by atoms with van der Waals surface area (Å²) in [5.74, 6) is -2.65. The summed E-state index contributed by atoms with van der Waals surface area (Å²) < 4.78 is 5.24. The minimum absolute atomic E-state index is 0.0667. The SMILES string of the molecule is O=C(O)Cc1ccc(C(=O)N[C@@H](CC(=O)O)Cc2ccc(-c3cccc(Cl)c3)cc2)o1. The number of hydrogen-bond donors (Lipinski definition) is 3. The first-order valence-electron chi connectivity index (χ1n) is 9.48. The molecule has 1 aromatic heterocycles. The van der Waals surface area contributed by atoms with Gasteiger partial charge in [0, 0.05) is 11.1 Å². The van der Waals surface area contributed by atoms with Crippen molar-refractivity contribution in [2.24, 2.45) is 0 Å². The molecule has 0 aliphatic rings. The van der Waals surface area contributed by atoms with E-state index in [-0.39, 0.29) is 24.4 Å². The van der Waals surface area contributed by atoms with Gasteiger partial charge in [-0.25, -0.2) is 0 Å². The molecule has 0 spiro atoms. The number of nitrogens with one attached hydrogen (secondary N) is 1. The van der Waals surface area contributed by atoms with Gasteiger partial charge in [-0.1, -0.05) is 48.0 Å². The molecule has 0 fully saturated rings. The number of carboxylic acids is 2. The Labute approximate surface area is 183 Å². The quantitative estimate of drug-likeness (QED) is 0.461. The molecular weight excluding hydrogens is 422 g/mol. The Kier molecular flexibility index (Phi) is 7.10. The zero-order valence-electron chi connectivity index (χ0n) is 16.4. The predicted molar refractivity (Wildman–Crippen MR) is 114 cm³/mol. The van der Waals surface area contributed by atoms with Crippen molar-refractivity contribution in [2.45, 2.75) is 25.3 Å². The molecule has 31 heavy (non-hydrogen) atoms. The first-order chi connectivity index (χ1) is 14.8. The van der Waals surface area contributed by atoms with Crippen molar-refractivity contribution in [3.8, 4) is 11.1 Å². The normalized spacial score (nSPS) is 11.6. The lowest BCUT2D eigenvalue weighted by Crippen LogP contribution is -2.38. The molecular formula is C23H20ClNO6. The molecule has 0 unspecified atom stereocenters. The van der Waals surface area contributed by atoms with Crippen LogP contribution in [0.3, 0.4) is 0 Å². The average molecular weight is 442 g/mol. The highest BCUT2D eigenvalue weighted by molar-refractivity contribution is 6.30. The van der Waals surface area contributed by atoms with Gasteiger partial charge in [0.15, 0.2) is 5.76 Å². The lowest BCUT2D eigenvalue weighted by Gasteiger charge is -2.16. The molecule has 7 nitrogen and oxygen atoms in total. The Bertz CT molecular complexity index is 1090. The number of halogens is 1. The lowest BCUT2D eigenvalue weighted by atomic mass is 9.99. The predicted octanol–water partition coefficient (Wildman–Crippen LogP) is 4.04. The van der Waals surface area contributed by atoms with Gasteiger partial charge in [-0.05, 0) is 47.4 Å². The van der Waals surface area contributed by atoms with E-state index in [0.29, 0.717) is 11.4 Å². The van der Waals surface area contributed by atoms with Gasteiger partial charge >= 0.3 is 11.9 Å². The van der Waals surface area contributed by atoms with Crippen molar-refractivity contribution in [3.05, 3.63) is 82.8 Å². The number of amides is 1. The van der Waals surface area contributed by atoms with E-state index in [1.54, 1.807) is 6.07 Å². The van der Waals surface area contributed by atoms with E-state index < -0.39 is 23.9 Å². The van der Waals surface area contributed by atoms with Crippen LogP contribution >= 0.6 is 11.6 Å². The molecule has 3 rings (SSSR count). The summed E-state index contributed by atoms with van der Waals surface area (Å²) in [6, 6.07) is 17.1. The lowest BCUT2D eigenvalue weighted by molar-refractivity contribution is -0.138. The summed E-state index contributed by atoms with van der Waals surface area (Å²) in [4.78, 5) is 34.4. The monoisotopic (exact) mass is 441 g/mol. The number of rotatable bonds is 9. The summed E-state index contributed by atoms with van der Waals surface area (Å²) >= 11 is 6.04. The van der Waals surface area contributed by atoms with Crippen molar-refractivity contribution in [3.63, 3.8) is 0 Å². The molecule has 0 radical (unpaired) electrons. The fourth-order valence-corrected chi connectivity index (χ4v) is 3.36. The third kappa shape index (κ3) is 6.45. The fraction of sp³-hybridized carbons (Fsp3) is 0.174. The van der Waals surface area contributed by atoms with Gasteiger partial charge in [0.1, 0.15) is 12.2 Å². The van der Waals surface area contributed by atoms with Crippen LogP contribution in [-0.4, -0.2) is 34.1 Å². The van der Waals surface area contributed by atoms with Crippen LogP contribution in [0.5, 0.6) is 0 Å². The first kappa shape index (κ1) is 22.1. The van der Waals surface area contributed by atoms with Gasteiger partial charge < -0.3 is 19.9 Å². The van der Waals surface area contributed by atoms with Crippen molar-refractivity contribution < 1.29 is 29.0 Å². The molecule has 3 N–H and O–H groups in total. The van der Waals surface area contributed by atoms with Crippen LogP contribution < -0.4 is 5.32 Å². The highest BCUT2D eigenvalue weighted by Crippen LogP contribution is 2.23. The molecule has 0 saturated carbocycles. The third-order valence-corrected chi connectivity index (χ3v) is 4.80. The summed E-state index contributed by atoms with van der Waals surface area (Å²) in [6.07, 6.45) is -0.314. The number of benzene rings is 2. The molecule has 0 saturated heterocycles. The van der Waals surface area contributed by atoms with Crippen LogP contribution in [0, 0.1) is 0 Å². The molecule has 2 aromatic carbocycles. The number of carbonyl (C=O) groups excluding carboxylic acids is 1. The second-order valence-corrected chi connectivity index (χ2v) is 7.45. The molecule has 1 heterocycles. The van der Waals surface area contributed by atoms with Gasteiger partial charge in [0.2, 0.25) is 0 Å². The Morgan fingerprint density at radius 2 is 1.68 bits per heavy atom. The van der Waals surface area contributed by atoms with Crippen LogP contribution in [0.15, 0.2) is 65.1 Å². The molecule has 1 atom stereocenters. The van der Waals surface area contributed by atoms with Crippen LogP contribution in [-0.2, 0) is 22.4 Å². The number of hydrogen-bond acceptors (Lipinski definition) is 4. The average Bonchev–Trinajstić information content (AvgIpc) is 3.16. The molecule has 0 aliphatic heterocycles. The van der Waals surface area contributed by atoms with Crippen LogP contribution in [0.1, 0.15) is 28.3 Å². The third-order valence-electron chi connectivity index (χ3n) is 4.56. The van der Waals surface area contributed by atoms with Gasteiger partial charge in [-0.15, -0.1) is 0 Å². The molecule has 3 aromatic rings. The minimum atomic E-state index is -1.08. The zero-order valence-corrected chi connectivity index (χ0v) is 17.1. The largest absolute Gasteiger partial charge is 0.481 e. The van der Waals surface area contributed by atoms with E-state index in [1.165, 1.54) is 12.1 Å². The van der Waals surface area contributed by atoms with Gasteiger partial charge in [-0.2, -0.15) is 0 Å². The maximum absolute atomic E-state index is 12.4. The maximum atomic E-state index is 12.4. The second-order valence-electron chi connectivity index (χ2n) is 7.02. The van der Waals surface area contributed by atoms with Crippen molar-refractivity contribution >= 4 is 29.4 Å². The smallest absolute Gasteiger partial charge is 0.311 e. The first-order valence-corrected chi connectivity index (χ1v) is 9.86. The summed E-state index contributed by atoms with van der Waals surface area (Å²) in [6.45, 7) is 0. The van der Waals surface area contributed by atoms with Gasteiger partial charge in [0.05, 0.1) is 6.42 Å². The van der Waals surface area contributed by atoms with E-state index in [4.69, 9.17) is 21.1 Å². The van der Waals surface area contributed by atoms with Crippen molar-refractivity contribution in [2.75, 3.05) is 0 Å². The molecule has 160 valence electrons. The highest BCUT2D eigenvalue weighted by atomic mass is 35.5. The van der Waals surface area contributed by atoms with E-state index in [0.717, 1.165) is 16.7 Å². The van der Waals surface area contributed by atoms with Crippen molar-refractivity contribution in [1.82, 2.24) is 5.32 Å². The second kappa shape index (κ2) is 9.95. The molecule has 0 aliphatic carbocycles. The summed E-state index contributed by atoms with van der Waals surface area (Å²) in [5.41, 5.74) is 2.78. The van der Waals surface area contributed by atoms with E-state index in [1.807, 2.05) is 42.5 Å². The number of furan rings is 1. The highest BCUT2D eigenvalue weighted by Gasteiger charge is 2.20. The fourth-order valence-electron chi connectivity index (χ4n) is 3.17. The van der Waals surface area contributed by atoms with Gasteiger partial charge in [-0.3, -0.25) is 14.4 Å². The molecule has 8 heteroatoms. The molecule has 1 amide bonds. The standard InChI is InChI=1S/C23H20ClNO6/c24-17-3-1-2-16(11-17)15-6-4-14(5-7-15)10-18(12-21(26)27)25-23(30)20-9-8-19(31-20)13-22(28)29/h1-9,11,18H,10,12-13H2,(H,25,30)(H,26,27)(H,28,29)/t18-/m1/s1. The number of carbonyl (C=O) groups is 3. The van der Waals surface area contributed by atoms with Crippen molar-refractivity contribution in [1.29, 1.82) is 0 Å². The number of carboxylic acid groups (broad SMARTS) is 2. The van der Waals surface area contributed by atoms with Crippen LogP contribution in [0.4, 0.5) is 0 Å².